The van der Waals surface area contributed by atoms with Crippen LogP contribution in [0.4, 0.5) is 5.69 Å². The molecule has 0 aliphatic carbocycles. The predicted molar refractivity (Wildman–Crippen MR) is 73.5 cm³/mol. The lowest BCUT2D eigenvalue weighted by Gasteiger charge is -2.03. The average Bonchev–Trinajstić information content (AvgIpc) is 2.39. The summed E-state index contributed by atoms with van der Waals surface area (Å²) in [5.41, 5.74) is 0.636. The van der Waals surface area contributed by atoms with Crippen molar-refractivity contribution < 1.29 is 9.72 Å². The van der Waals surface area contributed by atoms with Crippen molar-refractivity contribution >= 4 is 34.1 Å². The molecule has 0 N–H and O–H groups in total. The third-order valence-corrected chi connectivity index (χ3v) is 3.27. The maximum absolute atomic E-state index is 12.2. The number of carbonyl (C=O) groups is 1. The molecule has 2 rings (SSSR count). The first-order chi connectivity index (χ1) is 8.59. The average molecular weight is 354 g/mol. The minimum Gasteiger partial charge on any atom is -0.289 e. The number of aromatic nitrogens is 1. The van der Waals surface area contributed by atoms with Gasteiger partial charge in [-0.15, -0.1) is 0 Å². The van der Waals surface area contributed by atoms with Gasteiger partial charge in [0.2, 0.25) is 0 Å². The molecule has 0 fully saturated rings. The first kappa shape index (κ1) is 12.6. The van der Waals surface area contributed by atoms with Crippen LogP contribution in [0.15, 0.2) is 42.7 Å². The molecule has 0 saturated heterocycles. The van der Waals surface area contributed by atoms with Crippen LogP contribution in [0.25, 0.3) is 0 Å². The lowest BCUT2D eigenvalue weighted by molar-refractivity contribution is -0.384. The Balaban J connectivity index is 2.48. The van der Waals surface area contributed by atoms with Gasteiger partial charge in [0, 0.05) is 39.2 Å². The van der Waals surface area contributed by atoms with E-state index in [2.05, 4.69) is 4.98 Å². The van der Waals surface area contributed by atoms with E-state index in [1.54, 1.807) is 24.4 Å². The summed E-state index contributed by atoms with van der Waals surface area (Å²) in [5, 5.41) is 10.7. The third-order valence-electron chi connectivity index (χ3n) is 2.33. The van der Waals surface area contributed by atoms with Gasteiger partial charge in [0.1, 0.15) is 0 Å². The summed E-state index contributed by atoms with van der Waals surface area (Å²) in [4.78, 5) is 26.2. The van der Waals surface area contributed by atoms with Crippen LogP contribution in [0, 0.1) is 13.7 Å². The Morgan fingerprint density at radius 1 is 1.33 bits per heavy atom. The van der Waals surface area contributed by atoms with E-state index in [-0.39, 0.29) is 11.5 Å². The molecule has 0 unspecified atom stereocenters. The summed E-state index contributed by atoms with van der Waals surface area (Å²) in [6, 6.07) is 7.50. The maximum Gasteiger partial charge on any atom is 0.270 e. The highest BCUT2D eigenvalue weighted by atomic mass is 127. The van der Waals surface area contributed by atoms with Crippen molar-refractivity contribution in [2.45, 2.75) is 0 Å². The number of ketones is 1. The van der Waals surface area contributed by atoms with Crippen molar-refractivity contribution in [2.75, 3.05) is 0 Å². The van der Waals surface area contributed by atoms with Gasteiger partial charge >= 0.3 is 0 Å². The molecule has 1 heterocycles. The molecule has 90 valence electrons. The second kappa shape index (κ2) is 5.21. The molecule has 0 atom stereocenters. The van der Waals surface area contributed by atoms with Gasteiger partial charge < -0.3 is 0 Å². The lowest BCUT2D eigenvalue weighted by atomic mass is 10.0. The molecule has 0 radical (unpaired) electrons. The summed E-state index contributed by atoms with van der Waals surface area (Å²) in [5.74, 6) is -0.267. The number of rotatable bonds is 3. The Bertz CT molecular complexity index is 614. The monoisotopic (exact) mass is 354 g/mol. The number of nitro groups is 1. The first-order valence-electron chi connectivity index (χ1n) is 4.98. The van der Waals surface area contributed by atoms with Crippen LogP contribution in [0.2, 0.25) is 0 Å². The zero-order valence-electron chi connectivity index (χ0n) is 9.04. The maximum atomic E-state index is 12.2. The highest BCUT2D eigenvalue weighted by Gasteiger charge is 2.16. The molecule has 0 aliphatic heterocycles. The first-order valence-corrected chi connectivity index (χ1v) is 6.06. The standard InChI is InChI=1S/C12H7IN2O3/c13-11-4-3-9(15(17)18)6-10(11)12(16)8-2-1-5-14-7-8/h1-7H. The third kappa shape index (κ3) is 2.53. The van der Waals surface area contributed by atoms with Gasteiger partial charge in [-0.05, 0) is 40.8 Å². The fourth-order valence-electron chi connectivity index (χ4n) is 1.45. The van der Waals surface area contributed by atoms with Gasteiger partial charge in [-0.2, -0.15) is 0 Å². The van der Waals surface area contributed by atoms with E-state index >= 15 is 0 Å². The zero-order chi connectivity index (χ0) is 13.1. The Morgan fingerprint density at radius 2 is 2.11 bits per heavy atom. The van der Waals surface area contributed by atoms with Crippen LogP contribution in [0.5, 0.6) is 0 Å². The Labute approximate surface area is 116 Å². The van der Waals surface area contributed by atoms with Crippen LogP contribution in [0.3, 0.4) is 0 Å². The van der Waals surface area contributed by atoms with Gasteiger partial charge in [-0.1, -0.05) is 0 Å². The number of non-ortho nitro benzene ring substituents is 1. The minimum absolute atomic E-state index is 0.0948. The van der Waals surface area contributed by atoms with Crippen molar-refractivity contribution in [1.29, 1.82) is 0 Å². The number of carbonyl (C=O) groups excluding carboxylic acids is 1. The SMILES string of the molecule is O=C(c1cccnc1)c1cc([N+](=O)[O-])ccc1I. The second-order valence-corrected chi connectivity index (χ2v) is 4.65. The van der Waals surface area contributed by atoms with E-state index in [9.17, 15) is 14.9 Å². The van der Waals surface area contributed by atoms with Crippen LogP contribution < -0.4 is 0 Å². The molecule has 0 amide bonds. The van der Waals surface area contributed by atoms with E-state index in [1.165, 1.54) is 18.3 Å². The van der Waals surface area contributed by atoms with Gasteiger partial charge in [-0.25, -0.2) is 0 Å². The molecular formula is C12H7IN2O3. The largest absolute Gasteiger partial charge is 0.289 e. The van der Waals surface area contributed by atoms with Crippen LogP contribution in [-0.4, -0.2) is 15.7 Å². The molecule has 1 aromatic heterocycles. The van der Waals surface area contributed by atoms with E-state index in [0.29, 0.717) is 14.7 Å². The van der Waals surface area contributed by atoms with Crippen molar-refractivity contribution in [2.24, 2.45) is 0 Å². The summed E-state index contributed by atoms with van der Waals surface area (Å²) in [6.45, 7) is 0. The molecule has 0 bridgehead atoms. The smallest absolute Gasteiger partial charge is 0.270 e. The van der Waals surface area contributed by atoms with E-state index in [4.69, 9.17) is 0 Å². The normalized spacial score (nSPS) is 10.1. The van der Waals surface area contributed by atoms with E-state index in [0.717, 1.165) is 0 Å². The lowest BCUT2D eigenvalue weighted by Crippen LogP contribution is -2.05. The number of hydrogen-bond donors (Lipinski definition) is 0. The Hall–Kier alpha value is -1.83. The molecule has 1 aromatic carbocycles. The number of hydrogen-bond acceptors (Lipinski definition) is 4. The molecular weight excluding hydrogens is 347 g/mol. The molecule has 6 heteroatoms. The predicted octanol–water partition coefficient (Wildman–Crippen LogP) is 2.83. The topological polar surface area (TPSA) is 73.1 Å². The quantitative estimate of drug-likeness (QED) is 0.368. The molecule has 0 saturated carbocycles. The van der Waals surface area contributed by atoms with Gasteiger partial charge in [0.05, 0.1) is 4.92 Å². The summed E-state index contributed by atoms with van der Waals surface area (Å²) < 4.78 is 0.673. The van der Waals surface area contributed by atoms with E-state index < -0.39 is 4.92 Å². The van der Waals surface area contributed by atoms with Crippen molar-refractivity contribution in [3.63, 3.8) is 0 Å². The summed E-state index contributed by atoms with van der Waals surface area (Å²) in [6.07, 6.45) is 3.01. The van der Waals surface area contributed by atoms with Crippen LogP contribution in [-0.2, 0) is 0 Å². The zero-order valence-corrected chi connectivity index (χ0v) is 11.2. The number of benzene rings is 1. The van der Waals surface area contributed by atoms with E-state index in [1.807, 2.05) is 22.6 Å². The molecule has 0 spiro atoms. The Morgan fingerprint density at radius 3 is 2.72 bits per heavy atom. The Kier molecular flexibility index (Phi) is 3.66. The number of nitro benzene ring substituents is 1. The fourth-order valence-corrected chi connectivity index (χ4v) is 2.03. The highest BCUT2D eigenvalue weighted by molar-refractivity contribution is 14.1. The summed E-state index contributed by atoms with van der Waals surface area (Å²) in [7, 11) is 0. The molecule has 5 nitrogen and oxygen atoms in total. The highest BCUT2D eigenvalue weighted by Crippen LogP contribution is 2.22. The van der Waals surface area contributed by atoms with Crippen LogP contribution in [0.1, 0.15) is 15.9 Å². The van der Waals surface area contributed by atoms with Crippen LogP contribution >= 0.6 is 22.6 Å². The number of nitrogens with zero attached hydrogens (tertiary/aromatic N) is 2. The van der Waals surface area contributed by atoms with Gasteiger partial charge in [0.15, 0.2) is 5.78 Å². The van der Waals surface area contributed by atoms with Gasteiger partial charge in [0.25, 0.3) is 5.69 Å². The minimum atomic E-state index is -0.518. The molecule has 2 aromatic rings. The van der Waals surface area contributed by atoms with Crippen molar-refractivity contribution in [3.8, 4) is 0 Å². The fraction of sp³-hybridized carbons (Fsp3) is 0. The molecule has 0 aliphatic rings. The van der Waals surface area contributed by atoms with Crippen molar-refractivity contribution in [3.05, 3.63) is 67.5 Å². The molecule has 18 heavy (non-hydrogen) atoms. The second-order valence-electron chi connectivity index (χ2n) is 3.49. The van der Waals surface area contributed by atoms with Crippen molar-refractivity contribution in [1.82, 2.24) is 4.98 Å². The number of pyridine rings is 1. The van der Waals surface area contributed by atoms with Gasteiger partial charge in [-0.3, -0.25) is 19.9 Å². The number of halogens is 1. The summed E-state index contributed by atoms with van der Waals surface area (Å²) >= 11 is 1.98.